The number of ether oxygens (including phenoxy) is 1. The predicted molar refractivity (Wildman–Crippen MR) is 91.7 cm³/mol. The molecule has 1 aromatic carbocycles. The van der Waals surface area contributed by atoms with Crippen molar-refractivity contribution in [1.82, 2.24) is 15.1 Å². The fraction of sp³-hybridized carbons (Fsp3) is 0.421. The SMILES string of the molecule is CO[C@@H]1CN(C(=O)c2ccnnc2)CC[C@@H]1Cc1ccc(C)cc1. The number of benzene rings is 1. The van der Waals surface area contributed by atoms with Crippen LogP contribution < -0.4 is 0 Å². The summed E-state index contributed by atoms with van der Waals surface area (Å²) in [7, 11) is 1.73. The molecule has 5 heteroatoms. The highest BCUT2D eigenvalue weighted by atomic mass is 16.5. The van der Waals surface area contributed by atoms with Crippen molar-refractivity contribution in [3.63, 3.8) is 0 Å². The molecule has 1 saturated heterocycles. The molecule has 0 saturated carbocycles. The summed E-state index contributed by atoms with van der Waals surface area (Å²) in [4.78, 5) is 14.4. The molecule has 2 heterocycles. The van der Waals surface area contributed by atoms with Gasteiger partial charge in [0.2, 0.25) is 0 Å². The van der Waals surface area contributed by atoms with E-state index in [4.69, 9.17) is 4.74 Å². The molecule has 1 fully saturated rings. The molecule has 1 aromatic heterocycles. The van der Waals surface area contributed by atoms with Crippen molar-refractivity contribution in [2.24, 2.45) is 5.92 Å². The van der Waals surface area contributed by atoms with Crippen LogP contribution in [0.1, 0.15) is 27.9 Å². The van der Waals surface area contributed by atoms with Gasteiger partial charge in [-0.25, -0.2) is 0 Å². The lowest BCUT2D eigenvalue weighted by atomic mass is 9.87. The molecule has 0 spiro atoms. The first-order valence-electron chi connectivity index (χ1n) is 8.31. The zero-order valence-corrected chi connectivity index (χ0v) is 14.2. The number of hydrogen-bond donors (Lipinski definition) is 0. The second-order valence-electron chi connectivity index (χ2n) is 6.39. The summed E-state index contributed by atoms with van der Waals surface area (Å²) in [5, 5.41) is 7.51. The van der Waals surface area contributed by atoms with Gasteiger partial charge in [0, 0.05) is 20.2 Å². The maximum atomic E-state index is 12.6. The molecule has 0 aliphatic carbocycles. The molecule has 0 bridgehead atoms. The lowest BCUT2D eigenvalue weighted by Crippen LogP contribution is -2.48. The summed E-state index contributed by atoms with van der Waals surface area (Å²) < 4.78 is 5.69. The number of aromatic nitrogens is 2. The third-order valence-electron chi connectivity index (χ3n) is 4.74. The molecule has 0 unspecified atom stereocenters. The van der Waals surface area contributed by atoms with E-state index in [1.165, 1.54) is 17.3 Å². The molecule has 126 valence electrons. The van der Waals surface area contributed by atoms with Gasteiger partial charge in [-0.1, -0.05) is 29.8 Å². The van der Waals surface area contributed by atoms with E-state index in [2.05, 4.69) is 41.4 Å². The van der Waals surface area contributed by atoms with Gasteiger partial charge in [0.05, 0.1) is 24.1 Å². The minimum Gasteiger partial charge on any atom is -0.379 e. The topological polar surface area (TPSA) is 55.3 Å². The summed E-state index contributed by atoms with van der Waals surface area (Å²) in [6, 6.07) is 10.4. The molecule has 24 heavy (non-hydrogen) atoms. The standard InChI is InChI=1S/C19H23N3O2/c1-14-3-5-15(6-4-14)11-16-8-10-22(13-18(16)24-2)19(23)17-7-9-20-21-12-17/h3-7,9,12,16,18H,8,10-11,13H2,1-2H3/t16-,18-/m1/s1. The molecule has 5 nitrogen and oxygen atoms in total. The van der Waals surface area contributed by atoms with E-state index >= 15 is 0 Å². The second kappa shape index (κ2) is 7.53. The number of likely N-dealkylation sites (tertiary alicyclic amines) is 1. The fourth-order valence-electron chi connectivity index (χ4n) is 3.28. The van der Waals surface area contributed by atoms with Crippen LogP contribution in [-0.2, 0) is 11.2 Å². The number of carbonyl (C=O) groups excluding carboxylic acids is 1. The molecular weight excluding hydrogens is 302 g/mol. The monoisotopic (exact) mass is 325 g/mol. The number of aryl methyl sites for hydroxylation is 1. The Balaban J connectivity index is 1.65. The van der Waals surface area contributed by atoms with E-state index in [1.54, 1.807) is 19.4 Å². The Morgan fingerprint density at radius 1 is 1.25 bits per heavy atom. The van der Waals surface area contributed by atoms with Crippen LogP contribution >= 0.6 is 0 Å². The Kier molecular flexibility index (Phi) is 5.20. The van der Waals surface area contributed by atoms with Gasteiger partial charge >= 0.3 is 0 Å². The molecule has 2 aromatic rings. The van der Waals surface area contributed by atoms with Crippen LogP contribution in [0.3, 0.4) is 0 Å². The Bertz CT molecular complexity index is 673. The Morgan fingerprint density at radius 2 is 2.04 bits per heavy atom. The van der Waals surface area contributed by atoms with Gasteiger partial charge < -0.3 is 9.64 Å². The van der Waals surface area contributed by atoms with Gasteiger partial charge in [-0.15, -0.1) is 0 Å². The highest BCUT2D eigenvalue weighted by Crippen LogP contribution is 2.25. The average molecular weight is 325 g/mol. The summed E-state index contributed by atoms with van der Waals surface area (Å²) in [5.41, 5.74) is 3.18. The molecule has 0 radical (unpaired) electrons. The van der Waals surface area contributed by atoms with E-state index in [0.717, 1.165) is 19.4 Å². The minimum atomic E-state index is 0.000681. The van der Waals surface area contributed by atoms with Crippen LogP contribution in [0.4, 0.5) is 0 Å². The van der Waals surface area contributed by atoms with E-state index in [1.807, 2.05) is 4.90 Å². The van der Waals surface area contributed by atoms with E-state index in [9.17, 15) is 4.79 Å². The maximum Gasteiger partial charge on any atom is 0.255 e. The Hall–Kier alpha value is -2.27. The number of carbonyl (C=O) groups is 1. The summed E-state index contributed by atoms with van der Waals surface area (Å²) in [6.07, 6.45) is 5.04. The Labute approximate surface area is 142 Å². The molecule has 1 amide bonds. The quantitative estimate of drug-likeness (QED) is 0.867. The predicted octanol–water partition coefficient (Wildman–Crippen LogP) is 2.50. The smallest absolute Gasteiger partial charge is 0.255 e. The molecule has 1 aliphatic rings. The van der Waals surface area contributed by atoms with Gasteiger partial charge in [-0.3, -0.25) is 4.79 Å². The van der Waals surface area contributed by atoms with Crippen molar-refractivity contribution in [1.29, 1.82) is 0 Å². The number of amides is 1. The first-order valence-corrected chi connectivity index (χ1v) is 8.31. The van der Waals surface area contributed by atoms with Gasteiger partial charge in [0.15, 0.2) is 0 Å². The first kappa shape index (κ1) is 16.6. The van der Waals surface area contributed by atoms with E-state index in [-0.39, 0.29) is 12.0 Å². The highest BCUT2D eigenvalue weighted by Gasteiger charge is 2.32. The second-order valence-corrected chi connectivity index (χ2v) is 6.39. The van der Waals surface area contributed by atoms with Crippen LogP contribution in [-0.4, -0.2) is 47.3 Å². The molecule has 0 N–H and O–H groups in total. The summed E-state index contributed by atoms with van der Waals surface area (Å²) >= 11 is 0. The van der Waals surface area contributed by atoms with Gasteiger partial charge in [-0.05, 0) is 37.3 Å². The number of hydrogen-bond acceptors (Lipinski definition) is 4. The van der Waals surface area contributed by atoms with Gasteiger partial charge in [0.1, 0.15) is 0 Å². The van der Waals surface area contributed by atoms with Crippen LogP contribution in [0.25, 0.3) is 0 Å². The number of methoxy groups -OCH3 is 1. The van der Waals surface area contributed by atoms with Crippen LogP contribution in [0.15, 0.2) is 42.7 Å². The summed E-state index contributed by atoms with van der Waals surface area (Å²) in [6.45, 7) is 3.46. The third kappa shape index (κ3) is 3.79. The number of piperidine rings is 1. The lowest BCUT2D eigenvalue weighted by Gasteiger charge is -2.38. The number of rotatable bonds is 4. The van der Waals surface area contributed by atoms with Crippen molar-refractivity contribution in [2.75, 3.05) is 20.2 Å². The van der Waals surface area contributed by atoms with Gasteiger partial charge in [0.25, 0.3) is 5.91 Å². The van der Waals surface area contributed by atoms with Crippen LogP contribution in [0.2, 0.25) is 0 Å². The largest absolute Gasteiger partial charge is 0.379 e. The molecular formula is C19H23N3O2. The maximum absolute atomic E-state index is 12.6. The highest BCUT2D eigenvalue weighted by molar-refractivity contribution is 5.93. The molecule has 3 rings (SSSR count). The first-order chi connectivity index (χ1) is 11.7. The normalized spacial score (nSPS) is 20.8. The van der Waals surface area contributed by atoms with Crippen LogP contribution in [0, 0.1) is 12.8 Å². The zero-order chi connectivity index (χ0) is 16.9. The van der Waals surface area contributed by atoms with Crippen LogP contribution in [0.5, 0.6) is 0 Å². The van der Waals surface area contributed by atoms with Crippen molar-refractivity contribution >= 4 is 5.91 Å². The van der Waals surface area contributed by atoms with Crippen molar-refractivity contribution in [3.05, 3.63) is 59.4 Å². The van der Waals surface area contributed by atoms with Gasteiger partial charge in [-0.2, -0.15) is 10.2 Å². The van der Waals surface area contributed by atoms with E-state index < -0.39 is 0 Å². The number of nitrogens with zero attached hydrogens (tertiary/aromatic N) is 3. The summed E-state index contributed by atoms with van der Waals surface area (Å²) in [5.74, 6) is 0.429. The van der Waals surface area contributed by atoms with Crippen molar-refractivity contribution in [2.45, 2.75) is 25.9 Å². The fourth-order valence-corrected chi connectivity index (χ4v) is 3.28. The van der Waals surface area contributed by atoms with E-state index in [0.29, 0.717) is 18.0 Å². The molecule has 2 atom stereocenters. The lowest BCUT2D eigenvalue weighted by molar-refractivity contribution is -0.00698. The van der Waals surface area contributed by atoms with Crippen molar-refractivity contribution in [3.8, 4) is 0 Å². The zero-order valence-electron chi connectivity index (χ0n) is 14.2. The van der Waals surface area contributed by atoms with Crippen molar-refractivity contribution < 1.29 is 9.53 Å². The third-order valence-corrected chi connectivity index (χ3v) is 4.74. The average Bonchev–Trinajstić information content (AvgIpc) is 2.64. The molecule has 1 aliphatic heterocycles. The Morgan fingerprint density at radius 3 is 2.71 bits per heavy atom. The minimum absolute atomic E-state index is 0.000681.